The van der Waals surface area contributed by atoms with Crippen LogP contribution in [-0.2, 0) is 22.4 Å². The Morgan fingerprint density at radius 1 is 0.971 bits per heavy atom. The van der Waals surface area contributed by atoms with Gasteiger partial charge in [-0.25, -0.2) is 9.59 Å². The summed E-state index contributed by atoms with van der Waals surface area (Å²) in [7, 11) is 0. The van der Waals surface area contributed by atoms with Crippen molar-refractivity contribution in [1.29, 1.82) is 0 Å². The highest BCUT2D eigenvalue weighted by Crippen LogP contribution is 2.44. The van der Waals surface area contributed by atoms with Crippen LogP contribution in [0.4, 0.5) is 4.79 Å². The van der Waals surface area contributed by atoms with Gasteiger partial charge < -0.3 is 20.1 Å². The first-order valence-electron chi connectivity index (χ1n) is 11.5. The Kier molecular flexibility index (Phi) is 4.69. The van der Waals surface area contributed by atoms with Gasteiger partial charge in [0.2, 0.25) is 0 Å². The molecule has 0 unspecified atom stereocenters. The van der Waals surface area contributed by atoms with E-state index in [2.05, 4.69) is 34.6 Å². The molecule has 3 aromatic carbocycles. The third kappa shape index (κ3) is 3.17. The smallest absolute Gasteiger partial charge is 0.408 e. The molecule has 0 spiro atoms. The standard InChI is InChI=1S/C28H24N2O4/c31-26(32)28(14-13-25-22(15-28)21-11-5-6-12-24(21)29-25)30-27(33)34-16-23-19-9-3-1-7-17(19)18-8-2-4-10-20(18)23/h1-12,23,29H,13-16H2,(H,30,33)(H,31,32)/t28-/m1/s1. The lowest BCUT2D eigenvalue weighted by atomic mass is 9.79. The molecule has 0 saturated heterocycles. The minimum atomic E-state index is -1.40. The molecule has 3 N–H and O–H groups in total. The number of benzene rings is 3. The molecule has 6 rings (SSSR count). The fraction of sp³-hybridized carbons (Fsp3) is 0.214. The van der Waals surface area contributed by atoms with Gasteiger partial charge in [0.05, 0.1) is 0 Å². The normalized spacial score (nSPS) is 18.7. The number of aryl methyl sites for hydroxylation is 1. The van der Waals surface area contributed by atoms with E-state index in [1.54, 1.807) is 0 Å². The van der Waals surface area contributed by atoms with E-state index in [0.717, 1.165) is 44.4 Å². The second kappa shape index (κ2) is 7.76. The topological polar surface area (TPSA) is 91.4 Å². The predicted molar refractivity (Wildman–Crippen MR) is 129 cm³/mol. The van der Waals surface area contributed by atoms with E-state index < -0.39 is 17.6 Å². The first-order chi connectivity index (χ1) is 16.6. The molecule has 34 heavy (non-hydrogen) atoms. The molecule has 1 atom stereocenters. The van der Waals surface area contributed by atoms with Crippen molar-refractivity contribution in [3.63, 3.8) is 0 Å². The Bertz CT molecular complexity index is 1390. The van der Waals surface area contributed by atoms with Gasteiger partial charge in [-0.15, -0.1) is 0 Å². The van der Waals surface area contributed by atoms with Crippen LogP contribution in [0.25, 0.3) is 22.0 Å². The van der Waals surface area contributed by atoms with Crippen LogP contribution in [-0.4, -0.2) is 34.3 Å². The number of hydrogen-bond donors (Lipinski definition) is 3. The highest BCUT2D eigenvalue weighted by Gasteiger charge is 2.44. The lowest BCUT2D eigenvalue weighted by Crippen LogP contribution is -2.58. The van der Waals surface area contributed by atoms with Crippen molar-refractivity contribution < 1.29 is 19.4 Å². The van der Waals surface area contributed by atoms with E-state index in [-0.39, 0.29) is 18.9 Å². The third-order valence-corrected chi connectivity index (χ3v) is 7.28. The number of alkyl carbamates (subject to hydrolysis) is 1. The maximum absolute atomic E-state index is 12.9. The Morgan fingerprint density at radius 2 is 1.62 bits per heavy atom. The van der Waals surface area contributed by atoms with Gasteiger partial charge in [0.15, 0.2) is 0 Å². The molecule has 0 bridgehead atoms. The van der Waals surface area contributed by atoms with E-state index in [1.807, 2.05) is 48.5 Å². The number of hydrogen-bond acceptors (Lipinski definition) is 3. The molecule has 6 nitrogen and oxygen atoms in total. The van der Waals surface area contributed by atoms with Crippen LogP contribution < -0.4 is 5.32 Å². The van der Waals surface area contributed by atoms with Crippen LogP contribution in [0.15, 0.2) is 72.8 Å². The van der Waals surface area contributed by atoms with Crippen LogP contribution in [0.5, 0.6) is 0 Å². The molecule has 0 radical (unpaired) electrons. The maximum Gasteiger partial charge on any atom is 0.408 e. The van der Waals surface area contributed by atoms with E-state index in [4.69, 9.17) is 4.74 Å². The largest absolute Gasteiger partial charge is 0.479 e. The molecule has 0 saturated carbocycles. The quantitative estimate of drug-likeness (QED) is 0.406. The van der Waals surface area contributed by atoms with E-state index >= 15 is 0 Å². The average molecular weight is 453 g/mol. The number of para-hydroxylation sites is 1. The SMILES string of the molecule is O=C(N[C@]1(C(=O)O)CCc2[nH]c3ccccc3c2C1)OCC1c2ccccc2-c2ccccc21. The molecule has 0 fully saturated rings. The van der Waals surface area contributed by atoms with Gasteiger partial charge in [0.25, 0.3) is 0 Å². The number of aromatic nitrogens is 1. The number of carbonyl (C=O) groups is 2. The van der Waals surface area contributed by atoms with Crippen molar-refractivity contribution in [3.8, 4) is 11.1 Å². The monoisotopic (exact) mass is 452 g/mol. The molecule has 6 heteroatoms. The number of nitrogens with one attached hydrogen (secondary N) is 2. The molecule has 1 aromatic heterocycles. The number of carboxylic acid groups (broad SMARTS) is 1. The second-order valence-corrected chi connectivity index (χ2v) is 9.14. The molecule has 1 amide bonds. The van der Waals surface area contributed by atoms with Crippen LogP contribution in [0, 0.1) is 0 Å². The summed E-state index contributed by atoms with van der Waals surface area (Å²) in [6.07, 6.45) is 0.352. The van der Waals surface area contributed by atoms with Gasteiger partial charge in [0, 0.05) is 28.9 Å². The van der Waals surface area contributed by atoms with Crippen molar-refractivity contribution in [3.05, 3.63) is 95.2 Å². The Labute approximate surface area is 196 Å². The molecule has 170 valence electrons. The summed E-state index contributed by atoms with van der Waals surface area (Å²) in [5, 5.41) is 13.9. The number of amides is 1. The van der Waals surface area contributed by atoms with Gasteiger partial charge in [0.1, 0.15) is 12.1 Å². The summed E-state index contributed by atoms with van der Waals surface area (Å²) in [6.45, 7) is 0.147. The fourth-order valence-electron chi connectivity index (χ4n) is 5.57. The zero-order valence-corrected chi connectivity index (χ0v) is 18.5. The maximum atomic E-state index is 12.9. The average Bonchev–Trinajstić information content (AvgIpc) is 3.38. The van der Waals surface area contributed by atoms with Crippen molar-refractivity contribution in [1.82, 2.24) is 10.3 Å². The summed E-state index contributed by atoms with van der Waals surface area (Å²) in [5.41, 5.74) is 6.09. The number of H-pyrrole nitrogens is 1. The van der Waals surface area contributed by atoms with Crippen molar-refractivity contribution in [2.45, 2.75) is 30.7 Å². The highest BCUT2D eigenvalue weighted by molar-refractivity contribution is 5.90. The molecule has 0 aliphatic heterocycles. The van der Waals surface area contributed by atoms with Crippen LogP contribution in [0.3, 0.4) is 0 Å². The van der Waals surface area contributed by atoms with Crippen molar-refractivity contribution in [2.24, 2.45) is 0 Å². The first-order valence-corrected chi connectivity index (χ1v) is 11.5. The molecule has 2 aliphatic rings. The third-order valence-electron chi connectivity index (χ3n) is 7.28. The van der Waals surface area contributed by atoms with E-state index in [1.165, 1.54) is 0 Å². The number of ether oxygens (including phenoxy) is 1. The van der Waals surface area contributed by atoms with Crippen LogP contribution in [0.1, 0.15) is 34.7 Å². The minimum Gasteiger partial charge on any atom is -0.479 e. The van der Waals surface area contributed by atoms with Crippen LogP contribution in [0.2, 0.25) is 0 Å². The number of carbonyl (C=O) groups excluding carboxylic acids is 1. The van der Waals surface area contributed by atoms with E-state index in [9.17, 15) is 14.7 Å². The van der Waals surface area contributed by atoms with Crippen LogP contribution >= 0.6 is 0 Å². The molecule has 1 heterocycles. The fourth-order valence-corrected chi connectivity index (χ4v) is 5.57. The van der Waals surface area contributed by atoms with Gasteiger partial charge in [-0.2, -0.15) is 0 Å². The molecule has 2 aliphatic carbocycles. The second-order valence-electron chi connectivity index (χ2n) is 9.14. The summed E-state index contributed by atoms with van der Waals surface area (Å²) < 4.78 is 5.65. The number of aliphatic carboxylic acids is 1. The van der Waals surface area contributed by atoms with Gasteiger partial charge >= 0.3 is 12.1 Å². The zero-order valence-electron chi connectivity index (χ0n) is 18.5. The van der Waals surface area contributed by atoms with Gasteiger partial charge in [-0.3, -0.25) is 0 Å². The lowest BCUT2D eigenvalue weighted by Gasteiger charge is -2.33. The van der Waals surface area contributed by atoms with Crippen molar-refractivity contribution >= 4 is 23.0 Å². The highest BCUT2D eigenvalue weighted by atomic mass is 16.5. The minimum absolute atomic E-state index is 0.0782. The van der Waals surface area contributed by atoms with Gasteiger partial charge in [-0.05, 0) is 46.7 Å². The number of fused-ring (bicyclic) bond motifs is 6. The summed E-state index contributed by atoms with van der Waals surface area (Å²) >= 11 is 0. The predicted octanol–water partition coefficient (Wildman–Crippen LogP) is 5.02. The van der Waals surface area contributed by atoms with E-state index in [0.29, 0.717) is 12.8 Å². The zero-order chi connectivity index (χ0) is 23.3. The van der Waals surface area contributed by atoms with Gasteiger partial charge in [-0.1, -0.05) is 66.7 Å². The Hall–Kier alpha value is -4.06. The number of rotatable bonds is 4. The Balaban J connectivity index is 1.22. The molecular formula is C28H24N2O4. The molecule has 4 aromatic rings. The first kappa shape index (κ1) is 20.5. The summed E-state index contributed by atoms with van der Waals surface area (Å²) in [4.78, 5) is 28.7. The lowest BCUT2D eigenvalue weighted by molar-refractivity contribution is -0.145. The summed E-state index contributed by atoms with van der Waals surface area (Å²) in [5.74, 6) is -1.12. The number of aromatic amines is 1. The van der Waals surface area contributed by atoms with Crippen molar-refractivity contribution in [2.75, 3.05) is 6.61 Å². The molecular weight excluding hydrogens is 428 g/mol. The number of carboxylic acids is 1. The Morgan fingerprint density at radius 3 is 2.32 bits per heavy atom. The summed E-state index contributed by atoms with van der Waals surface area (Å²) in [6, 6.07) is 24.1.